The second-order valence-electron chi connectivity index (χ2n) is 6.86. The first kappa shape index (κ1) is 18.6. The summed E-state index contributed by atoms with van der Waals surface area (Å²) in [6, 6.07) is 14.3. The van der Waals surface area contributed by atoms with Gasteiger partial charge in [-0.25, -0.2) is 0 Å². The molecule has 1 unspecified atom stereocenters. The van der Waals surface area contributed by atoms with Gasteiger partial charge in [0.05, 0.1) is 23.5 Å². The van der Waals surface area contributed by atoms with Gasteiger partial charge in [0.1, 0.15) is 6.54 Å². The number of rotatable bonds is 4. The lowest BCUT2D eigenvalue weighted by Gasteiger charge is -2.35. The van der Waals surface area contributed by atoms with Crippen LogP contribution in [0.25, 0.3) is 21.8 Å². The Morgan fingerprint density at radius 1 is 1.04 bits per heavy atom. The maximum Gasteiger partial charge on any atom is 0.305 e. The van der Waals surface area contributed by atoms with Crippen molar-refractivity contribution in [3.63, 3.8) is 0 Å². The number of aliphatic carboxylic acids is 1. The van der Waals surface area contributed by atoms with E-state index in [4.69, 9.17) is 0 Å². The van der Waals surface area contributed by atoms with Gasteiger partial charge in [0.2, 0.25) is 5.91 Å². The number of aromatic nitrogens is 1. The van der Waals surface area contributed by atoms with E-state index in [1.165, 1.54) is 0 Å². The molecule has 1 aromatic heterocycles. The van der Waals surface area contributed by atoms with Gasteiger partial charge in [-0.1, -0.05) is 24.3 Å². The second kappa shape index (κ2) is 7.67. The van der Waals surface area contributed by atoms with Crippen molar-refractivity contribution in [2.75, 3.05) is 18.1 Å². The molecule has 6 nitrogen and oxygen atoms in total. The number of carbonyl (C=O) groups is 2. The van der Waals surface area contributed by atoms with Crippen LogP contribution < -0.4 is 5.43 Å². The molecule has 1 saturated heterocycles. The summed E-state index contributed by atoms with van der Waals surface area (Å²) >= 11 is 1.67. The Morgan fingerprint density at radius 3 is 2.25 bits per heavy atom. The summed E-state index contributed by atoms with van der Waals surface area (Å²) in [5.41, 5.74) is 1.37. The first-order chi connectivity index (χ1) is 13.6. The highest BCUT2D eigenvalue weighted by molar-refractivity contribution is 7.99. The lowest BCUT2D eigenvalue weighted by molar-refractivity contribution is -0.140. The highest BCUT2D eigenvalue weighted by Crippen LogP contribution is 2.22. The number of hydrogen-bond donors (Lipinski definition) is 1. The summed E-state index contributed by atoms with van der Waals surface area (Å²) in [5.74, 6) is 0.409. The summed E-state index contributed by atoms with van der Waals surface area (Å²) in [6.07, 6.45) is -0.0512. The van der Waals surface area contributed by atoms with Crippen LogP contribution in [0.3, 0.4) is 0 Å². The van der Waals surface area contributed by atoms with E-state index in [0.717, 1.165) is 5.75 Å². The Morgan fingerprint density at radius 2 is 1.64 bits per heavy atom. The molecule has 1 amide bonds. The molecule has 0 bridgehead atoms. The largest absolute Gasteiger partial charge is 0.481 e. The van der Waals surface area contributed by atoms with E-state index in [-0.39, 0.29) is 30.3 Å². The van der Waals surface area contributed by atoms with Crippen molar-refractivity contribution in [2.45, 2.75) is 19.0 Å². The molecule has 1 aliphatic heterocycles. The molecule has 0 radical (unpaired) electrons. The molecule has 28 heavy (non-hydrogen) atoms. The lowest BCUT2D eigenvalue weighted by Crippen LogP contribution is -2.48. The number of pyridine rings is 1. The van der Waals surface area contributed by atoms with Gasteiger partial charge < -0.3 is 14.6 Å². The van der Waals surface area contributed by atoms with Gasteiger partial charge in [-0.05, 0) is 24.3 Å². The number of fused-ring (bicyclic) bond motifs is 2. The lowest BCUT2D eigenvalue weighted by atomic mass is 10.1. The normalized spacial score (nSPS) is 17.1. The summed E-state index contributed by atoms with van der Waals surface area (Å²) in [4.78, 5) is 38.9. The molecule has 0 aliphatic carbocycles. The SMILES string of the molecule is O=C(O)CC1CSCCN1C(=O)Cn1c2ccccc2c(=O)c2ccccc21. The molecule has 2 aromatic carbocycles. The predicted octanol–water partition coefficient (Wildman–Crippen LogP) is 2.57. The van der Waals surface area contributed by atoms with Gasteiger partial charge in [-0.15, -0.1) is 0 Å². The van der Waals surface area contributed by atoms with E-state index in [1.54, 1.807) is 28.8 Å². The van der Waals surface area contributed by atoms with Crippen molar-refractivity contribution in [2.24, 2.45) is 0 Å². The van der Waals surface area contributed by atoms with E-state index in [0.29, 0.717) is 34.1 Å². The van der Waals surface area contributed by atoms with Gasteiger partial charge in [-0.2, -0.15) is 11.8 Å². The highest BCUT2D eigenvalue weighted by Gasteiger charge is 2.29. The Bertz CT molecular complexity index is 1060. The van der Waals surface area contributed by atoms with E-state index in [2.05, 4.69) is 0 Å². The topological polar surface area (TPSA) is 79.6 Å². The number of amides is 1. The third-order valence-electron chi connectivity index (χ3n) is 5.13. The standard InChI is InChI=1S/C21H20N2O4S/c24-19(22-9-10-28-13-14(22)11-20(25)26)12-23-17-7-3-1-5-15(17)21(27)16-6-2-4-8-18(16)23/h1-8,14H,9-13H2,(H,25,26). The molecule has 7 heteroatoms. The minimum absolute atomic E-state index is 0.0481. The van der Waals surface area contributed by atoms with Crippen LogP contribution >= 0.6 is 11.8 Å². The van der Waals surface area contributed by atoms with Crippen LogP contribution in [0, 0.1) is 0 Å². The average Bonchev–Trinajstić information content (AvgIpc) is 2.71. The van der Waals surface area contributed by atoms with Crippen LogP contribution in [-0.4, -0.2) is 50.5 Å². The zero-order valence-electron chi connectivity index (χ0n) is 15.2. The maximum absolute atomic E-state index is 13.2. The van der Waals surface area contributed by atoms with Crippen LogP contribution in [0.15, 0.2) is 53.3 Å². The summed E-state index contributed by atoms with van der Waals surface area (Å²) < 4.78 is 1.87. The number of carbonyl (C=O) groups excluding carboxylic acids is 1. The van der Waals surface area contributed by atoms with Crippen LogP contribution in [0.1, 0.15) is 6.42 Å². The molecule has 144 valence electrons. The molecule has 0 spiro atoms. The number of para-hydroxylation sites is 2. The van der Waals surface area contributed by atoms with Crippen molar-refractivity contribution in [3.8, 4) is 0 Å². The van der Waals surface area contributed by atoms with E-state index in [1.807, 2.05) is 41.0 Å². The van der Waals surface area contributed by atoms with E-state index >= 15 is 0 Å². The minimum Gasteiger partial charge on any atom is -0.481 e. The minimum atomic E-state index is -0.899. The Hall–Kier alpha value is -2.80. The van der Waals surface area contributed by atoms with Crippen molar-refractivity contribution >= 4 is 45.4 Å². The quantitative estimate of drug-likeness (QED) is 0.686. The zero-order chi connectivity index (χ0) is 19.7. The fourth-order valence-corrected chi connectivity index (χ4v) is 4.89. The monoisotopic (exact) mass is 396 g/mol. The first-order valence-electron chi connectivity index (χ1n) is 9.15. The number of hydrogen-bond acceptors (Lipinski definition) is 4. The van der Waals surface area contributed by atoms with Gasteiger partial charge in [0.25, 0.3) is 0 Å². The van der Waals surface area contributed by atoms with Gasteiger partial charge >= 0.3 is 5.97 Å². The predicted molar refractivity (Wildman–Crippen MR) is 111 cm³/mol. The molecule has 3 aromatic rings. The average molecular weight is 396 g/mol. The van der Waals surface area contributed by atoms with Gasteiger partial charge in [0, 0.05) is 28.8 Å². The summed E-state index contributed by atoms with van der Waals surface area (Å²) in [6.45, 7) is 0.611. The van der Waals surface area contributed by atoms with Crippen molar-refractivity contribution in [3.05, 3.63) is 58.8 Å². The van der Waals surface area contributed by atoms with E-state index in [9.17, 15) is 19.5 Å². The van der Waals surface area contributed by atoms with Gasteiger partial charge in [0.15, 0.2) is 5.43 Å². The molecule has 1 fully saturated rings. The fourth-order valence-electron chi connectivity index (χ4n) is 3.83. The highest BCUT2D eigenvalue weighted by atomic mass is 32.2. The molecule has 2 heterocycles. The van der Waals surface area contributed by atoms with Crippen molar-refractivity contribution in [1.82, 2.24) is 9.47 Å². The number of carboxylic acid groups (broad SMARTS) is 1. The number of carboxylic acids is 1. The van der Waals surface area contributed by atoms with Crippen LogP contribution in [0.4, 0.5) is 0 Å². The molecule has 4 rings (SSSR count). The Labute approximate surface area is 165 Å². The second-order valence-corrected chi connectivity index (χ2v) is 8.01. The molecule has 0 saturated carbocycles. The molecule has 1 N–H and O–H groups in total. The molecule has 1 aliphatic rings. The van der Waals surface area contributed by atoms with Crippen molar-refractivity contribution < 1.29 is 14.7 Å². The smallest absolute Gasteiger partial charge is 0.305 e. The number of benzene rings is 2. The van der Waals surface area contributed by atoms with Crippen LogP contribution in [0.5, 0.6) is 0 Å². The van der Waals surface area contributed by atoms with Crippen LogP contribution in [-0.2, 0) is 16.1 Å². The zero-order valence-corrected chi connectivity index (χ0v) is 16.0. The van der Waals surface area contributed by atoms with E-state index < -0.39 is 5.97 Å². The Balaban J connectivity index is 1.78. The number of nitrogens with zero attached hydrogens (tertiary/aromatic N) is 2. The third kappa shape index (κ3) is 3.38. The number of thioether (sulfide) groups is 1. The Kier molecular flexibility index (Phi) is 5.09. The third-order valence-corrected chi connectivity index (χ3v) is 6.22. The van der Waals surface area contributed by atoms with Gasteiger partial charge in [-0.3, -0.25) is 14.4 Å². The first-order valence-corrected chi connectivity index (χ1v) is 10.3. The summed E-state index contributed by atoms with van der Waals surface area (Å²) in [7, 11) is 0. The van der Waals surface area contributed by atoms with Crippen LogP contribution in [0.2, 0.25) is 0 Å². The fraction of sp³-hybridized carbons (Fsp3) is 0.286. The molecule has 1 atom stereocenters. The maximum atomic E-state index is 13.2. The molecular weight excluding hydrogens is 376 g/mol. The summed E-state index contributed by atoms with van der Waals surface area (Å²) in [5, 5.41) is 10.3. The molecular formula is C21H20N2O4S. The van der Waals surface area contributed by atoms with Crippen molar-refractivity contribution in [1.29, 1.82) is 0 Å².